The van der Waals surface area contributed by atoms with Gasteiger partial charge in [0.1, 0.15) is 5.01 Å². The molecule has 5 nitrogen and oxygen atoms in total. The van der Waals surface area contributed by atoms with E-state index in [1.54, 1.807) is 18.4 Å². The average molecular weight is 419 g/mol. The van der Waals surface area contributed by atoms with Gasteiger partial charge in [0.05, 0.1) is 13.1 Å². The second-order valence-electron chi connectivity index (χ2n) is 4.73. The van der Waals surface area contributed by atoms with Crippen LogP contribution in [0.2, 0.25) is 0 Å². The van der Waals surface area contributed by atoms with E-state index in [2.05, 4.69) is 57.1 Å². The lowest BCUT2D eigenvalue weighted by Gasteiger charge is -2.22. The van der Waals surface area contributed by atoms with E-state index in [0.29, 0.717) is 6.54 Å². The van der Waals surface area contributed by atoms with E-state index in [-0.39, 0.29) is 24.0 Å². The number of nitrogens with zero attached hydrogens (tertiary/aromatic N) is 4. The molecule has 21 heavy (non-hydrogen) atoms. The summed E-state index contributed by atoms with van der Waals surface area (Å²) in [5.74, 6) is 0.874. The van der Waals surface area contributed by atoms with Gasteiger partial charge in [-0.2, -0.15) is 0 Å². The Morgan fingerprint density at radius 2 is 2.29 bits per heavy atom. The third-order valence-corrected chi connectivity index (χ3v) is 4.00. The Morgan fingerprint density at radius 3 is 2.81 bits per heavy atom. The summed E-state index contributed by atoms with van der Waals surface area (Å²) in [6.45, 7) is 3.60. The molecule has 0 radical (unpaired) electrons. The molecule has 0 aliphatic rings. The molecule has 0 unspecified atom stereocenters. The summed E-state index contributed by atoms with van der Waals surface area (Å²) in [5.41, 5.74) is 1.25. The van der Waals surface area contributed by atoms with Crippen molar-refractivity contribution >= 4 is 41.3 Å². The van der Waals surface area contributed by atoms with Crippen LogP contribution in [0.1, 0.15) is 15.6 Å². The summed E-state index contributed by atoms with van der Waals surface area (Å²) in [6.07, 6.45) is 3.95. The number of halogens is 1. The molecular formula is C14H22IN5S. The number of aliphatic imine (C=N–C) groups is 1. The minimum absolute atomic E-state index is 0. The number of aromatic nitrogens is 2. The summed E-state index contributed by atoms with van der Waals surface area (Å²) >= 11 is 1.71. The van der Waals surface area contributed by atoms with Crippen LogP contribution < -0.4 is 5.32 Å². The van der Waals surface area contributed by atoms with Crippen molar-refractivity contribution in [2.75, 3.05) is 14.1 Å². The molecule has 1 N–H and O–H groups in total. The summed E-state index contributed by atoms with van der Waals surface area (Å²) in [5, 5.41) is 4.42. The smallest absolute Gasteiger partial charge is 0.194 e. The zero-order chi connectivity index (χ0) is 14.5. The minimum atomic E-state index is 0. The van der Waals surface area contributed by atoms with Crippen LogP contribution in [-0.2, 0) is 20.1 Å². The van der Waals surface area contributed by atoms with E-state index >= 15 is 0 Å². The predicted molar refractivity (Wildman–Crippen MR) is 99.3 cm³/mol. The molecule has 2 rings (SSSR count). The zero-order valence-corrected chi connectivity index (χ0v) is 16.0. The Labute approximate surface area is 147 Å². The average Bonchev–Trinajstić information content (AvgIpc) is 3.00. The maximum atomic E-state index is 4.35. The first kappa shape index (κ1) is 18.0. The van der Waals surface area contributed by atoms with Crippen LogP contribution in [0.4, 0.5) is 0 Å². The normalized spacial score (nSPS) is 11.1. The third kappa shape index (κ3) is 4.99. The van der Waals surface area contributed by atoms with E-state index in [0.717, 1.165) is 17.5 Å². The van der Waals surface area contributed by atoms with Crippen molar-refractivity contribution in [1.82, 2.24) is 19.8 Å². The number of hydrogen-bond acceptors (Lipinski definition) is 3. The van der Waals surface area contributed by atoms with Gasteiger partial charge in [0.25, 0.3) is 0 Å². The molecule has 0 aliphatic heterocycles. The molecule has 0 fully saturated rings. The van der Waals surface area contributed by atoms with Gasteiger partial charge in [-0.15, -0.1) is 35.3 Å². The van der Waals surface area contributed by atoms with Gasteiger partial charge < -0.3 is 14.8 Å². The molecule has 0 saturated carbocycles. The Bertz CT molecular complexity index is 590. The monoisotopic (exact) mass is 419 g/mol. The van der Waals surface area contributed by atoms with Gasteiger partial charge in [-0.3, -0.25) is 4.99 Å². The molecule has 7 heteroatoms. The standard InChI is InChI=1S/C14H21N5S.HI/c1-11-8-16-13(20-11)9-17-14(15-2)19(4)10-12-6-5-7-18(12)3;/h5-8H,9-10H2,1-4H3,(H,15,17);1H. The second-order valence-corrected chi connectivity index (χ2v) is 6.05. The molecule has 2 aromatic heterocycles. The fourth-order valence-electron chi connectivity index (χ4n) is 2.00. The Hall–Kier alpha value is -1.09. The van der Waals surface area contributed by atoms with Crippen molar-refractivity contribution in [2.24, 2.45) is 12.0 Å². The molecule has 0 aliphatic carbocycles. The van der Waals surface area contributed by atoms with Crippen LogP contribution in [0.15, 0.2) is 29.5 Å². The zero-order valence-electron chi connectivity index (χ0n) is 12.8. The van der Waals surface area contributed by atoms with Crippen LogP contribution >= 0.6 is 35.3 Å². The van der Waals surface area contributed by atoms with Gasteiger partial charge >= 0.3 is 0 Å². The quantitative estimate of drug-likeness (QED) is 0.471. The highest BCUT2D eigenvalue weighted by Gasteiger charge is 2.09. The van der Waals surface area contributed by atoms with E-state index in [1.807, 2.05) is 13.2 Å². The largest absolute Gasteiger partial charge is 0.353 e. The van der Waals surface area contributed by atoms with E-state index in [9.17, 15) is 0 Å². The van der Waals surface area contributed by atoms with Crippen LogP contribution in [0.3, 0.4) is 0 Å². The Kier molecular flexibility index (Phi) is 7.16. The molecule has 0 saturated heterocycles. The first-order chi connectivity index (χ1) is 9.60. The van der Waals surface area contributed by atoms with Crippen molar-refractivity contribution < 1.29 is 0 Å². The molecule has 0 amide bonds. The van der Waals surface area contributed by atoms with Crippen molar-refractivity contribution in [2.45, 2.75) is 20.0 Å². The number of nitrogens with one attached hydrogen (secondary N) is 1. The van der Waals surface area contributed by atoms with Gasteiger partial charge in [-0.05, 0) is 19.1 Å². The van der Waals surface area contributed by atoms with Gasteiger partial charge in [-0.25, -0.2) is 4.98 Å². The summed E-state index contributed by atoms with van der Waals surface area (Å²) < 4.78 is 2.12. The summed E-state index contributed by atoms with van der Waals surface area (Å²) in [6, 6.07) is 4.17. The molecule has 0 bridgehead atoms. The minimum Gasteiger partial charge on any atom is -0.353 e. The number of guanidine groups is 1. The third-order valence-electron chi connectivity index (χ3n) is 3.09. The van der Waals surface area contributed by atoms with Crippen molar-refractivity contribution in [3.63, 3.8) is 0 Å². The SMILES string of the molecule is CN=C(NCc1ncc(C)s1)N(C)Cc1cccn1C.I. The number of thiazole rings is 1. The van der Waals surface area contributed by atoms with Gasteiger partial charge in [-0.1, -0.05) is 0 Å². The predicted octanol–water partition coefficient (Wildman–Crippen LogP) is 2.62. The highest BCUT2D eigenvalue weighted by Crippen LogP contribution is 2.10. The molecular weight excluding hydrogens is 397 g/mol. The van der Waals surface area contributed by atoms with Crippen molar-refractivity contribution in [3.8, 4) is 0 Å². The number of hydrogen-bond donors (Lipinski definition) is 1. The van der Waals surface area contributed by atoms with E-state index in [4.69, 9.17) is 0 Å². The molecule has 2 aromatic rings. The maximum Gasteiger partial charge on any atom is 0.194 e. The topological polar surface area (TPSA) is 45.5 Å². The molecule has 116 valence electrons. The fourth-order valence-corrected chi connectivity index (χ4v) is 2.73. The summed E-state index contributed by atoms with van der Waals surface area (Å²) in [4.78, 5) is 12.0. The van der Waals surface area contributed by atoms with Gasteiger partial charge in [0.15, 0.2) is 5.96 Å². The molecule has 2 heterocycles. The molecule has 0 atom stereocenters. The summed E-state index contributed by atoms with van der Waals surface area (Å²) in [7, 11) is 5.89. The second kappa shape index (κ2) is 8.38. The van der Waals surface area contributed by atoms with E-state index < -0.39 is 0 Å². The van der Waals surface area contributed by atoms with Crippen LogP contribution in [0, 0.1) is 6.92 Å². The van der Waals surface area contributed by atoms with Crippen LogP contribution in [0.5, 0.6) is 0 Å². The van der Waals surface area contributed by atoms with Gasteiger partial charge in [0.2, 0.25) is 0 Å². The highest BCUT2D eigenvalue weighted by atomic mass is 127. The highest BCUT2D eigenvalue weighted by molar-refractivity contribution is 14.0. The van der Waals surface area contributed by atoms with Crippen LogP contribution in [-0.4, -0.2) is 34.5 Å². The molecule has 0 aromatic carbocycles. The van der Waals surface area contributed by atoms with Gasteiger partial charge in [0, 0.05) is 44.1 Å². The number of rotatable bonds is 4. The van der Waals surface area contributed by atoms with Crippen LogP contribution in [0.25, 0.3) is 0 Å². The first-order valence-electron chi connectivity index (χ1n) is 6.53. The Morgan fingerprint density at radius 1 is 1.52 bits per heavy atom. The fraction of sp³-hybridized carbons (Fsp3) is 0.429. The number of aryl methyl sites for hydroxylation is 2. The lowest BCUT2D eigenvalue weighted by Crippen LogP contribution is -2.38. The van der Waals surface area contributed by atoms with E-state index in [1.165, 1.54) is 10.6 Å². The van der Waals surface area contributed by atoms with Crippen molar-refractivity contribution in [1.29, 1.82) is 0 Å². The van der Waals surface area contributed by atoms with Crippen molar-refractivity contribution in [3.05, 3.63) is 40.1 Å². The Balaban J connectivity index is 0.00000220. The maximum absolute atomic E-state index is 4.35. The lowest BCUT2D eigenvalue weighted by molar-refractivity contribution is 0.461. The molecule has 0 spiro atoms. The first-order valence-corrected chi connectivity index (χ1v) is 7.35. The lowest BCUT2D eigenvalue weighted by atomic mass is 10.4.